The van der Waals surface area contributed by atoms with E-state index < -0.39 is 27.8 Å². The van der Waals surface area contributed by atoms with Gasteiger partial charge in [-0.2, -0.15) is 9.57 Å². The Bertz CT molecular complexity index is 434. The molecule has 7 heteroatoms. The number of hydrogen-bond donors (Lipinski definition) is 1. The Labute approximate surface area is 107 Å². The quantitative estimate of drug-likeness (QED) is 0.777. The lowest BCUT2D eigenvalue weighted by Crippen LogP contribution is -2.46. The zero-order valence-corrected chi connectivity index (χ0v) is 11.2. The number of rotatable bonds is 6. The first-order chi connectivity index (χ1) is 8.43. The molecule has 0 aromatic carbocycles. The summed E-state index contributed by atoms with van der Waals surface area (Å²) in [7, 11) is -3.85. The van der Waals surface area contributed by atoms with Crippen LogP contribution in [0.1, 0.15) is 39.0 Å². The second kappa shape index (κ2) is 6.16. The van der Waals surface area contributed by atoms with Crippen LogP contribution in [0.4, 0.5) is 0 Å². The zero-order valence-electron chi connectivity index (χ0n) is 10.4. The molecule has 0 radical (unpaired) electrons. The zero-order chi connectivity index (χ0) is 13.8. The van der Waals surface area contributed by atoms with Gasteiger partial charge in [-0.1, -0.05) is 19.8 Å². The number of hydrogen-bond acceptors (Lipinski definition) is 4. The summed E-state index contributed by atoms with van der Waals surface area (Å²) in [6.45, 7) is 1.06. The van der Waals surface area contributed by atoms with E-state index in [0.29, 0.717) is 12.8 Å². The highest BCUT2D eigenvalue weighted by molar-refractivity contribution is 7.90. The van der Waals surface area contributed by atoms with Gasteiger partial charge in [0.1, 0.15) is 6.54 Å². The van der Waals surface area contributed by atoms with Crippen molar-refractivity contribution in [2.45, 2.75) is 50.3 Å². The van der Waals surface area contributed by atoms with E-state index in [1.807, 2.05) is 0 Å². The second-order valence-corrected chi connectivity index (χ2v) is 6.52. The van der Waals surface area contributed by atoms with Gasteiger partial charge in [-0.05, 0) is 19.3 Å². The van der Waals surface area contributed by atoms with Crippen molar-refractivity contribution in [3.05, 3.63) is 0 Å². The number of nitrogens with zero attached hydrogens (tertiary/aromatic N) is 2. The summed E-state index contributed by atoms with van der Waals surface area (Å²) >= 11 is 0. The largest absolute Gasteiger partial charge is 0.480 e. The van der Waals surface area contributed by atoms with E-state index >= 15 is 0 Å². The molecule has 0 aliphatic heterocycles. The molecule has 1 aliphatic rings. The van der Waals surface area contributed by atoms with Crippen molar-refractivity contribution >= 4 is 16.0 Å². The number of carboxylic acids is 1. The first kappa shape index (κ1) is 14.9. The van der Waals surface area contributed by atoms with Crippen LogP contribution >= 0.6 is 0 Å². The van der Waals surface area contributed by atoms with Gasteiger partial charge in [0, 0.05) is 6.04 Å². The summed E-state index contributed by atoms with van der Waals surface area (Å²) in [5.74, 6) is -1.18. The Morgan fingerprint density at radius 1 is 1.50 bits per heavy atom. The predicted molar refractivity (Wildman–Crippen MR) is 65.2 cm³/mol. The van der Waals surface area contributed by atoms with Gasteiger partial charge in [0.05, 0.1) is 6.07 Å². The molecule has 6 nitrogen and oxygen atoms in total. The molecule has 1 aliphatic carbocycles. The standard InChI is InChI=1S/C11H18N2O4S/c1-2-10(7-12)18(16,17)13(8-11(14)15)9-5-3-4-6-9/h9-10H,2-6,8H2,1H3,(H,14,15). The Kier molecular flexibility index (Phi) is 5.11. The molecule has 1 atom stereocenters. The SMILES string of the molecule is CCC(C#N)S(=O)(=O)N(CC(=O)O)C1CCCC1. The Morgan fingerprint density at radius 3 is 2.44 bits per heavy atom. The molecule has 1 unspecified atom stereocenters. The molecule has 18 heavy (non-hydrogen) atoms. The summed E-state index contributed by atoms with van der Waals surface area (Å²) in [6, 6.07) is 1.48. The van der Waals surface area contributed by atoms with E-state index in [9.17, 15) is 13.2 Å². The lowest BCUT2D eigenvalue weighted by molar-refractivity contribution is -0.137. The van der Waals surface area contributed by atoms with E-state index in [1.165, 1.54) is 0 Å². The Hall–Kier alpha value is -1.13. The molecule has 0 saturated heterocycles. The third-order valence-electron chi connectivity index (χ3n) is 3.22. The minimum absolute atomic E-state index is 0.168. The molecule has 1 saturated carbocycles. The fourth-order valence-electron chi connectivity index (χ4n) is 2.28. The van der Waals surface area contributed by atoms with Crippen LogP contribution in [0.2, 0.25) is 0 Å². The van der Waals surface area contributed by atoms with Gasteiger partial charge in [0.15, 0.2) is 5.25 Å². The van der Waals surface area contributed by atoms with E-state index in [-0.39, 0.29) is 12.5 Å². The van der Waals surface area contributed by atoms with E-state index in [4.69, 9.17) is 10.4 Å². The van der Waals surface area contributed by atoms with Crippen molar-refractivity contribution in [2.24, 2.45) is 0 Å². The molecular formula is C11H18N2O4S. The molecule has 0 aromatic rings. The van der Waals surface area contributed by atoms with Crippen LogP contribution in [0, 0.1) is 11.3 Å². The van der Waals surface area contributed by atoms with Crippen LogP contribution < -0.4 is 0 Å². The Morgan fingerprint density at radius 2 is 2.06 bits per heavy atom. The summed E-state index contributed by atoms with van der Waals surface area (Å²) in [6.07, 6.45) is 3.32. The fraction of sp³-hybridized carbons (Fsp3) is 0.818. The number of aliphatic carboxylic acids is 1. The highest BCUT2D eigenvalue weighted by Crippen LogP contribution is 2.27. The van der Waals surface area contributed by atoms with E-state index in [1.54, 1.807) is 13.0 Å². The number of nitriles is 1. The maximum absolute atomic E-state index is 12.3. The summed E-state index contributed by atoms with van der Waals surface area (Å²) in [5, 5.41) is 16.6. The number of carboxylic acid groups (broad SMARTS) is 1. The maximum atomic E-state index is 12.3. The molecule has 0 heterocycles. The fourth-order valence-corrected chi connectivity index (χ4v) is 4.08. The van der Waals surface area contributed by atoms with Crippen molar-refractivity contribution < 1.29 is 18.3 Å². The summed E-state index contributed by atoms with van der Waals surface area (Å²) in [4.78, 5) is 10.8. The molecule has 0 bridgehead atoms. The molecule has 1 rings (SSSR count). The molecule has 0 amide bonds. The lowest BCUT2D eigenvalue weighted by Gasteiger charge is -2.28. The average Bonchev–Trinajstić information content (AvgIpc) is 2.79. The first-order valence-electron chi connectivity index (χ1n) is 6.05. The normalized spacial score (nSPS) is 18.7. The molecule has 0 aromatic heterocycles. The predicted octanol–water partition coefficient (Wildman–Crippen LogP) is 0.948. The molecular weight excluding hydrogens is 256 g/mol. The lowest BCUT2D eigenvalue weighted by atomic mass is 10.2. The van der Waals surface area contributed by atoms with Gasteiger partial charge < -0.3 is 5.11 Å². The van der Waals surface area contributed by atoms with Gasteiger partial charge in [0.25, 0.3) is 0 Å². The van der Waals surface area contributed by atoms with Crippen molar-refractivity contribution in [1.29, 1.82) is 5.26 Å². The van der Waals surface area contributed by atoms with Crippen molar-refractivity contribution in [3.63, 3.8) is 0 Å². The second-order valence-electron chi connectivity index (χ2n) is 4.45. The van der Waals surface area contributed by atoms with Gasteiger partial charge in [-0.15, -0.1) is 0 Å². The van der Waals surface area contributed by atoms with Gasteiger partial charge >= 0.3 is 5.97 Å². The molecule has 102 valence electrons. The van der Waals surface area contributed by atoms with Crippen LogP contribution in [0.3, 0.4) is 0 Å². The van der Waals surface area contributed by atoms with Gasteiger partial charge in [-0.3, -0.25) is 4.79 Å². The van der Waals surface area contributed by atoms with Crippen LogP contribution in [-0.2, 0) is 14.8 Å². The minimum Gasteiger partial charge on any atom is -0.480 e. The van der Waals surface area contributed by atoms with Crippen LogP contribution in [0.5, 0.6) is 0 Å². The monoisotopic (exact) mass is 274 g/mol. The summed E-state index contributed by atoms with van der Waals surface area (Å²) in [5.41, 5.74) is 0. The average molecular weight is 274 g/mol. The highest BCUT2D eigenvalue weighted by Gasteiger charge is 2.38. The Balaban J connectivity index is 3.01. The van der Waals surface area contributed by atoms with Gasteiger partial charge in [-0.25, -0.2) is 8.42 Å². The van der Waals surface area contributed by atoms with Gasteiger partial charge in [0.2, 0.25) is 10.0 Å². The summed E-state index contributed by atoms with van der Waals surface area (Å²) < 4.78 is 25.5. The van der Waals surface area contributed by atoms with Crippen LogP contribution in [-0.4, -0.2) is 41.6 Å². The minimum atomic E-state index is -3.85. The van der Waals surface area contributed by atoms with E-state index in [0.717, 1.165) is 17.1 Å². The van der Waals surface area contributed by atoms with Crippen molar-refractivity contribution in [1.82, 2.24) is 4.31 Å². The highest BCUT2D eigenvalue weighted by atomic mass is 32.2. The molecule has 0 spiro atoms. The third-order valence-corrected chi connectivity index (χ3v) is 5.46. The van der Waals surface area contributed by atoms with Crippen LogP contribution in [0.15, 0.2) is 0 Å². The van der Waals surface area contributed by atoms with Crippen molar-refractivity contribution in [3.8, 4) is 6.07 Å². The third kappa shape index (κ3) is 3.21. The van der Waals surface area contributed by atoms with Crippen LogP contribution in [0.25, 0.3) is 0 Å². The smallest absolute Gasteiger partial charge is 0.318 e. The first-order valence-corrected chi connectivity index (χ1v) is 7.55. The molecule has 1 N–H and O–H groups in total. The topological polar surface area (TPSA) is 98.5 Å². The molecule has 1 fully saturated rings. The van der Waals surface area contributed by atoms with E-state index in [2.05, 4.69) is 0 Å². The maximum Gasteiger partial charge on any atom is 0.318 e. The number of carbonyl (C=O) groups is 1. The van der Waals surface area contributed by atoms with Crippen molar-refractivity contribution in [2.75, 3.05) is 6.54 Å². The number of sulfonamides is 1.